The zero-order valence-electron chi connectivity index (χ0n) is 9.11. The maximum Gasteiger partial charge on any atom is 0.169 e. The number of hydrogen-bond donors (Lipinski definition) is 1. The van der Waals surface area contributed by atoms with Crippen LogP contribution in [0.3, 0.4) is 0 Å². The number of aryl methyl sites for hydroxylation is 1. The number of nitrogens with zero attached hydrogens (tertiary/aromatic N) is 1. The van der Waals surface area contributed by atoms with E-state index in [1.54, 1.807) is 0 Å². The summed E-state index contributed by atoms with van der Waals surface area (Å²) in [6.07, 6.45) is -0.00779. The van der Waals surface area contributed by atoms with E-state index in [2.05, 4.69) is 22.0 Å². The summed E-state index contributed by atoms with van der Waals surface area (Å²) in [5, 5.41) is 17.6. The first-order chi connectivity index (χ1) is 7.69. The van der Waals surface area contributed by atoms with Gasteiger partial charge in [-0.3, -0.25) is 0 Å². The standard InChI is InChI=1S/C12H14BrNO2/c1-9-7-10(3-4-11(9)13)12(8-14)16-6-2-5-15/h3-4,7,12,15H,2,5-6H2,1H3. The van der Waals surface area contributed by atoms with E-state index in [9.17, 15) is 0 Å². The van der Waals surface area contributed by atoms with Crippen molar-refractivity contribution >= 4 is 15.9 Å². The summed E-state index contributed by atoms with van der Waals surface area (Å²) in [5.74, 6) is 0. The molecular weight excluding hydrogens is 270 g/mol. The normalized spacial score (nSPS) is 12.1. The summed E-state index contributed by atoms with van der Waals surface area (Å²) >= 11 is 3.41. The Bertz CT molecular complexity index is 387. The molecule has 4 heteroatoms. The van der Waals surface area contributed by atoms with Crippen LogP contribution < -0.4 is 0 Å². The van der Waals surface area contributed by atoms with Gasteiger partial charge in [0.25, 0.3) is 0 Å². The molecule has 0 aliphatic carbocycles. The molecule has 1 aromatic carbocycles. The van der Waals surface area contributed by atoms with Crippen molar-refractivity contribution in [3.63, 3.8) is 0 Å². The molecule has 0 saturated heterocycles. The molecule has 1 unspecified atom stereocenters. The number of aliphatic hydroxyl groups is 1. The minimum absolute atomic E-state index is 0.0809. The molecule has 0 amide bonds. The molecule has 0 saturated carbocycles. The Hall–Kier alpha value is -0.890. The smallest absolute Gasteiger partial charge is 0.169 e. The van der Waals surface area contributed by atoms with Crippen molar-refractivity contribution in [1.29, 1.82) is 5.26 Å². The predicted octanol–water partition coefficient (Wildman–Crippen LogP) is 2.72. The van der Waals surface area contributed by atoms with Gasteiger partial charge in [0, 0.05) is 11.1 Å². The average Bonchev–Trinajstić information content (AvgIpc) is 2.29. The first kappa shape index (κ1) is 13.2. The molecule has 1 aromatic rings. The third kappa shape index (κ3) is 3.60. The van der Waals surface area contributed by atoms with E-state index in [-0.39, 0.29) is 6.61 Å². The van der Waals surface area contributed by atoms with Crippen LogP contribution >= 0.6 is 15.9 Å². The van der Waals surface area contributed by atoms with Crippen molar-refractivity contribution in [2.45, 2.75) is 19.4 Å². The van der Waals surface area contributed by atoms with Crippen LogP contribution in [0.5, 0.6) is 0 Å². The number of nitriles is 1. The maximum atomic E-state index is 8.99. The van der Waals surface area contributed by atoms with Gasteiger partial charge in [-0.05, 0) is 30.5 Å². The largest absolute Gasteiger partial charge is 0.396 e. The van der Waals surface area contributed by atoms with Gasteiger partial charge in [-0.2, -0.15) is 5.26 Å². The van der Waals surface area contributed by atoms with Crippen molar-refractivity contribution in [2.24, 2.45) is 0 Å². The first-order valence-electron chi connectivity index (χ1n) is 5.07. The van der Waals surface area contributed by atoms with E-state index in [1.165, 1.54) is 0 Å². The highest BCUT2D eigenvalue weighted by Gasteiger charge is 2.11. The van der Waals surface area contributed by atoms with Gasteiger partial charge in [-0.15, -0.1) is 0 Å². The second kappa shape index (κ2) is 6.64. The van der Waals surface area contributed by atoms with E-state index in [4.69, 9.17) is 15.1 Å². The zero-order valence-corrected chi connectivity index (χ0v) is 10.7. The van der Waals surface area contributed by atoms with E-state index in [1.807, 2.05) is 25.1 Å². The fraction of sp³-hybridized carbons (Fsp3) is 0.417. The molecule has 1 N–H and O–H groups in total. The van der Waals surface area contributed by atoms with Crippen molar-refractivity contribution in [2.75, 3.05) is 13.2 Å². The predicted molar refractivity (Wildman–Crippen MR) is 64.9 cm³/mol. The van der Waals surface area contributed by atoms with Crippen LogP contribution in [-0.2, 0) is 4.74 Å². The first-order valence-corrected chi connectivity index (χ1v) is 5.86. The average molecular weight is 284 g/mol. The van der Waals surface area contributed by atoms with E-state index in [0.717, 1.165) is 15.6 Å². The molecule has 0 aliphatic heterocycles. The quantitative estimate of drug-likeness (QED) is 0.846. The molecule has 16 heavy (non-hydrogen) atoms. The third-order valence-corrected chi connectivity index (χ3v) is 3.08. The summed E-state index contributed by atoms with van der Waals surface area (Å²) in [4.78, 5) is 0. The monoisotopic (exact) mass is 283 g/mol. The van der Waals surface area contributed by atoms with E-state index >= 15 is 0 Å². The van der Waals surface area contributed by atoms with Gasteiger partial charge in [0.1, 0.15) is 0 Å². The van der Waals surface area contributed by atoms with Gasteiger partial charge < -0.3 is 9.84 Å². The van der Waals surface area contributed by atoms with Crippen LogP contribution in [0, 0.1) is 18.3 Å². The topological polar surface area (TPSA) is 53.2 Å². The summed E-state index contributed by atoms with van der Waals surface area (Å²) < 4.78 is 6.39. The van der Waals surface area contributed by atoms with Crippen LogP contribution in [0.15, 0.2) is 22.7 Å². The lowest BCUT2D eigenvalue weighted by molar-refractivity contribution is 0.0773. The molecular formula is C12H14BrNO2. The van der Waals surface area contributed by atoms with Crippen LogP contribution in [0.4, 0.5) is 0 Å². The van der Waals surface area contributed by atoms with Crippen molar-refractivity contribution in [3.05, 3.63) is 33.8 Å². The molecule has 0 bridgehead atoms. The van der Waals surface area contributed by atoms with Crippen LogP contribution in [0.1, 0.15) is 23.7 Å². The third-order valence-electron chi connectivity index (χ3n) is 2.19. The Morgan fingerprint density at radius 1 is 1.56 bits per heavy atom. The number of hydrogen-bond acceptors (Lipinski definition) is 3. The number of halogens is 1. The SMILES string of the molecule is Cc1cc(C(C#N)OCCCO)ccc1Br. The van der Waals surface area contributed by atoms with Crippen LogP contribution in [0.2, 0.25) is 0 Å². The Labute approximate surface area is 104 Å². The molecule has 1 atom stereocenters. The maximum absolute atomic E-state index is 8.99. The van der Waals surface area contributed by atoms with Gasteiger partial charge in [0.2, 0.25) is 0 Å². The molecule has 0 spiro atoms. The second-order valence-corrected chi connectivity index (χ2v) is 4.32. The van der Waals surface area contributed by atoms with Gasteiger partial charge >= 0.3 is 0 Å². The highest BCUT2D eigenvalue weighted by molar-refractivity contribution is 9.10. The fourth-order valence-corrected chi connectivity index (χ4v) is 1.55. The molecule has 86 valence electrons. The molecule has 0 heterocycles. The Balaban J connectivity index is 2.72. The molecule has 0 aliphatic rings. The number of ether oxygens (including phenoxy) is 1. The molecule has 0 fully saturated rings. The summed E-state index contributed by atoms with van der Waals surface area (Å²) in [6.45, 7) is 2.44. The number of aliphatic hydroxyl groups excluding tert-OH is 1. The highest BCUT2D eigenvalue weighted by atomic mass is 79.9. The van der Waals surface area contributed by atoms with Crippen molar-refractivity contribution in [1.82, 2.24) is 0 Å². The Morgan fingerprint density at radius 2 is 2.31 bits per heavy atom. The molecule has 3 nitrogen and oxygen atoms in total. The highest BCUT2D eigenvalue weighted by Crippen LogP contribution is 2.23. The number of benzene rings is 1. The molecule has 1 rings (SSSR count). The zero-order chi connectivity index (χ0) is 12.0. The summed E-state index contributed by atoms with van der Waals surface area (Å²) in [5.41, 5.74) is 1.92. The minimum atomic E-state index is -0.557. The van der Waals surface area contributed by atoms with Crippen molar-refractivity contribution in [3.8, 4) is 6.07 Å². The second-order valence-electron chi connectivity index (χ2n) is 3.47. The van der Waals surface area contributed by atoms with Crippen molar-refractivity contribution < 1.29 is 9.84 Å². The lowest BCUT2D eigenvalue weighted by Crippen LogP contribution is -2.05. The van der Waals surface area contributed by atoms with Gasteiger partial charge in [0.15, 0.2) is 6.10 Å². The summed E-state index contributed by atoms with van der Waals surface area (Å²) in [7, 11) is 0. The molecule has 0 aromatic heterocycles. The Kier molecular flexibility index (Phi) is 5.47. The van der Waals surface area contributed by atoms with Crippen LogP contribution in [0.25, 0.3) is 0 Å². The number of rotatable bonds is 5. The minimum Gasteiger partial charge on any atom is -0.396 e. The Morgan fingerprint density at radius 3 is 2.88 bits per heavy atom. The lowest BCUT2D eigenvalue weighted by atomic mass is 10.1. The van der Waals surface area contributed by atoms with Gasteiger partial charge in [0.05, 0.1) is 12.7 Å². The van der Waals surface area contributed by atoms with Crippen LogP contribution in [-0.4, -0.2) is 18.3 Å². The van der Waals surface area contributed by atoms with E-state index < -0.39 is 6.10 Å². The van der Waals surface area contributed by atoms with E-state index in [0.29, 0.717) is 13.0 Å². The van der Waals surface area contributed by atoms with Gasteiger partial charge in [-0.1, -0.05) is 28.1 Å². The summed E-state index contributed by atoms with van der Waals surface area (Å²) in [6, 6.07) is 7.80. The van der Waals surface area contributed by atoms with Gasteiger partial charge in [-0.25, -0.2) is 0 Å². The fourth-order valence-electron chi connectivity index (χ4n) is 1.30. The molecule has 0 radical (unpaired) electrons. The lowest BCUT2D eigenvalue weighted by Gasteiger charge is -2.11.